The smallest absolute Gasteiger partial charge is 0.188 e. The number of rotatable bonds is 0. The topological polar surface area (TPSA) is 32.9 Å². The lowest BCUT2D eigenvalue weighted by molar-refractivity contribution is 1.57. The molecule has 0 aliphatic heterocycles. The quantitative estimate of drug-likeness (QED) is 0.501. The van der Waals surface area contributed by atoms with Crippen molar-refractivity contribution < 1.29 is 0 Å². The summed E-state index contributed by atoms with van der Waals surface area (Å²) in [6, 6.07) is 19.5. The van der Waals surface area contributed by atoms with E-state index < -0.39 is 0 Å². The fourth-order valence-corrected chi connectivity index (χ4v) is 2.73. The second kappa shape index (κ2) is 3.69. The maximum atomic E-state index is 12.2. The molecule has 0 bridgehead atoms. The summed E-state index contributed by atoms with van der Waals surface area (Å²) < 4.78 is 0. The number of aromatic amines is 1. The van der Waals surface area contributed by atoms with E-state index in [-0.39, 0.29) is 5.43 Å². The lowest BCUT2D eigenvalue weighted by Crippen LogP contribution is -1.92. The molecule has 0 unspecified atom stereocenters. The Hall–Kier alpha value is -2.61. The van der Waals surface area contributed by atoms with Crippen LogP contribution in [0.1, 0.15) is 0 Å². The summed E-state index contributed by atoms with van der Waals surface area (Å²) in [4.78, 5) is 15.6. The molecular weight excluding hydrogens is 234 g/mol. The fraction of sp³-hybridized carbons (Fsp3) is 0. The molecule has 0 fully saturated rings. The maximum Gasteiger partial charge on any atom is 0.188 e. The Kier molecular flexibility index (Phi) is 2.00. The van der Waals surface area contributed by atoms with Crippen LogP contribution in [0.3, 0.4) is 0 Å². The molecule has 0 saturated heterocycles. The van der Waals surface area contributed by atoms with Crippen LogP contribution in [0.25, 0.3) is 32.6 Å². The van der Waals surface area contributed by atoms with Gasteiger partial charge in [-0.2, -0.15) is 0 Å². The summed E-state index contributed by atoms with van der Waals surface area (Å²) in [7, 11) is 0. The van der Waals surface area contributed by atoms with Gasteiger partial charge in [-0.25, -0.2) is 0 Å². The Morgan fingerprint density at radius 3 is 2.47 bits per heavy atom. The molecule has 19 heavy (non-hydrogen) atoms. The number of fused-ring (bicyclic) bond motifs is 5. The molecule has 0 atom stereocenters. The van der Waals surface area contributed by atoms with Crippen molar-refractivity contribution in [1.82, 2.24) is 4.98 Å². The first kappa shape index (κ1) is 10.3. The highest BCUT2D eigenvalue weighted by atomic mass is 16.1. The van der Waals surface area contributed by atoms with E-state index in [4.69, 9.17) is 0 Å². The molecular formula is C17H11NO. The van der Waals surface area contributed by atoms with Crippen molar-refractivity contribution in [3.8, 4) is 0 Å². The molecule has 90 valence electrons. The normalized spacial score (nSPS) is 11.4. The lowest BCUT2D eigenvalue weighted by Gasteiger charge is -1.98. The Labute approximate surface area is 109 Å². The van der Waals surface area contributed by atoms with Gasteiger partial charge in [0.25, 0.3) is 0 Å². The zero-order valence-corrected chi connectivity index (χ0v) is 10.2. The van der Waals surface area contributed by atoms with E-state index in [2.05, 4.69) is 23.2 Å². The molecule has 2 nitrogen and oxygen atoms in total. The first-order chi connectivity index (χ1) is 9.34. The summed E-state index contributed by atoms with van der Waals surface area (Å²) in [5, 5.41) is 4.09. The van der Waals surface area contributed by atoms with Crippen LogP contribution in [-0.4, -0.2) is 4.98 Å². The summed E-state index contributed by atoms with van der Waals surface area (Å²) in [5.41, 5.74) is 1.99. The van der Waals surface area contributed by atoms with Crippen LogP contribution in [0.4, 0.5) is 0 Å². The van der Waals surface area contributed by atoms with Gasteiger partial charge in [-0.15, -0.1) is 0 Å². The fourth-order valence-electron chi connectivity index (χ4n) is 2.73. The third kappa shape index (κ3) is 1.40. The van der Waals surface area contributed by atoms with E-state index in [1.165, 1.54) is 5.39 Å². The maximum absolute atomic E-state index is 12.2. The minimum atomic E-state index is 0.0570. The van der Waals surface area contributed by atoms with Gasteiger partial charge in [0.05, 0.1) is 16.4 Å². The molecule has 3 aromatic carbocycles. The SMILES string of the molecule is O=c1ccccc2[nH]c3c4ccccc4ccc3c12. The number of hydrogen-bond acceptors (Lipinski definition) is 1. The van der Waals surface area contributed by atoms with E-state index in [1.807, 2.05) is 30.3 Å². The van der Waals surface area contributed by atoms with Gasteiger partial charge in [-0.05, 0) is 17.5 Å². The Morgan fingerprint density at radius 1 is 0.737 bits per heavy atom. The van der Waals surface area contributed by atoms with Crippen molar-refractivity contribution in [1.29, 1.82) is 0 Å². The molecule has 0 amide bonds. The summed E-state index contributed by atoms with van der Waals surface area (Å²) >= 11 is 0. The van der Waals surface area contributed by atoms with Crippen molar-refractivity contribution in [3.05, 3.63) is 70.9 Å². The van der Waals surface area contributed by atoms with Gasteiger partial charge < -0.3 is 4.98 Å². The molecule has 1 N–H and O–H groups in total. The second-order valence-electron chi connectivity index (χ2n) is 4.71. The third-order valence-electron chi connectivity index (χ3n) is 3.60. The van der Waals surface area contributed by atoms with Crippen molar-refractivity contribution in [3.63, 3.8) is 0 Å². The first-order valence-corrected chi connectivity index (χ1v) is 6.27. The van der Waals surface area contributed by atoms with E-state index in [9.17, 15) is 4.79 Å². The average molecular weight is 245 g/mol. The lowest BCUT2D eigenvalue weighted by atomic mass is 10.1. The molecule has 0 saturated carbocycles. The highest BCUT2D eigenvalue weighted by Crippen LogP contribution is 2.28. The minimum absolute atomic E-state index is 0.0570. The number of H-pyrrole nitrogens is 1. The Bertz CT molecular complexity index is 982. The molecule has 4 aromatic rings. The van der Waals surface area contributed by atoms with Gasteiger partial charge in [-0.3, -0.25) is 4.79 Å². The summed E-state index contributed by atoms with van der Waals surface area (Å²) in [5.74, 6) is 0. The monoisotopic (exact) mass is 245 g/mol. The average Bonchev–Trinajstić information content (AvgIpc) is 2.72. The van der Waals surface area contributed by atoms with Gasteiger partial charge in [0.15, 0.2) is 5.43 Å². The van der Waals surface area contributed by atoms with Crippen LogP contribution >= 0.6 is 0 Å². The van der Waals surface area contributed by atoms with Crippen LogP contribution in [0.15, 0.2) is 65.5 Å². The predicted molar refractivity (Wildman–Crippen MR) is 79.6 cm³/mol. The van der Waals surface area contributed by atoms with Gasteiger partial charge >= 0.3 is 0 Å². The van der Waals surface area contributed by atoms with Gasteiger partial charge in [-0.1, -0.05) is 48.5 Å². The largest absolute Gasteiger partial charge is 0.354 e. The van der Waals surface area contributed by atoms with Gasteiger partial charge in [0.1, 0.15) is 0 Å². The van der Waals surface area contributed by atoms with Crippen molar-refractivity contribution >= 4 is 32.6 Å². The zero-order chi connectivity index (χ0) is 12.8. The molecule has 1 aromatic heterocycles. The highest BCUT2D eigenvalue weighted by molar-refractivity contribution is 6.16. The Morgan fingerprint density at radius 2 is 1.53 bits per heavy atom. The standard InChI is InChI=1S/C17H11NO/c19-15-8-4-3-7-14-16(15)13-10-9-11-5-1-2-6-12(11)17(13)18-14/h1-10,18H. The second-order valence-corrected chi connectivity index (χ2v) is 4.71. The molecule has 2 heteroatoms. The predicted octanol–water partition coefficient (Wildman–Crippen LogP) is 3.83. The van der Waals surface area contributed by atoms with E-state index in [0.717, 1.165) is 27.2 Å². The van der Waals surface area contributed by atoms with Crippen molar-refractivity contribution in [2.45, 2.75) is 0 Å². The van der Waals surface area contributed by atoms with E-state index in [1.54, 1.807) is 12.1 Å². The Balaban J connectivity index is 2.37. The molecule has 4 rings (SSSR count). The molecule has 0 aliphatic carbocycles. The van der Waals surface area contributed by atoms with Crippen LogP contribution < -0.4 is 5.43 Å². The highest BCUT2D eigenvalue weighted by Gasteiger charge is 2.08. The molecule has 0 radical (unpaired) electrons. The molecule has 1 heterocycles. The van der Waals surface area contributed by atoms with Crippen LogP contribution in [0.2, 0.25) is 0 Å². The number of aromatic nitrogens is 1. The zero-order valence-electron chi connectivity index (χ0n) is 10.2. The van der Waals surface area contributed by atoms with E-state index in [0.29, 0.717) is 0 Å². The van der Waals surface area contributed by atoms with E-state index >= 15 is 0 Å². The number of nitrogens with one attached hydrogen (secondary N) is 1. The number of hydrogen-bond donors (Lipinski definition) is 1. The van der Waals surface area contributed by atoms with Gasteiger partial charge in [0.2, 0.25) is 0 Å². The molecule has 0 aliphatic rings. The minimum Gasteiger partial charge on any atom is -0.354 e. The summed E-state index contributed by atoms with van der Waals surface area (Å²) in [6.45, 7) is 0. The van der Waals surface area contributed by atoms with Crippen LogP contribution in [-0.2, 0) is 0 Å². The first-order valence-electron chi connectivity index (χ1n) is 6.27. The third-order valence-corrected chi connectivity index (χ3v) is 3.60. The van der Waals surface area contributed by atoms with Crippen molar-refractivity contribution in [2.24, 2.45) is 0 Å². The van der Waals surface area contributed by atoms with Crippen LogP contribution in [0, 0.1) is 0 Å². The van der Waals surface area contributed by atoms with Crippen molar-refractivity contribution in [2.75, 3.05) is 0 Å². The summed E-state index contributed by atoms with van der Waals surface area (Å²) in [6.07, 6.45) is 0. The number of benzene rings is 2. The molecule has 0 spiro atoms. The van der Waals surface area contributed by atoms with Gasteiger partial charge in [0, 0.05) is 10.8 Å². The van der Waals surface area contributed by atoms with Crippen LogP contribution in [0.5, 0.6) is 0 Å².